The van der Waals surface area contributed by atoms with Crippen LogP contribution in [0.4, 0.5) is 9.80 Å². The van der Waals surface area contributed by atoms with Gasteiger partial charge in [0.15, 0.2) is 0 Å². The van der Waals surface area contributed by atoms with E-state index in [9.17, 15) is 19.5 Å². The number of carboxylic acid groups (broad SMARTS) is 1. The number of hydrogen-bond donors (Lipinski definition) is 3. The van der Waals surface area contributed by atoms with Crippen LogP contribution in [0.15, 0.2) is 0 Å². The van der Waals surface area contributed by atoms with Crippen LogP contribution in [0, 0.1) is 13.8 Å². The fraction of sp³-hybridized carbons (Fsp3) is 0.462. The van der Waals surface area contributed by atoms with Crippen molar-refractivity contribution in [2.24, 2.45) is 0 Å². The van der Waals surface area contributed by atoms with Gasteiger partial charge in [0.05, 0.1) is 12.7 Å². The van der Waals surface area contributed by atoms with Crippen molar-refractivity contribution in [3.63, 3.8) is 0 Å². The Morgan fingerprint density at radius 1 is 1.24 bits per heavy atom. The monoisotopic (exact) mass is 314 g/mol. The Kier molecular flexibility index (Phi) is 4.95. The van der Waals surface area contributed by atoms with Crippen molar-refractivity contribution < 1.29 is 24.2 Å². The average molecular weight is 314 g/mol. The maximum Gasteiger partial charge on any atom is 0.338 e. The first kappa shape index (κ1) is 17.0. The number of aryl methyl sites for hydroxylation is 1. The number of aromatic carboxylic acids is 1. The van der Waals surface area contributed by atoms with Gasteiger partial charge in [0, 0.05) is 4.88 Å². The third-order valence-electron chi connectivity index (χ3n) is 2.95. The van der Waals surface area contributed by atoms with Crippen LogP contribution in [0.1, 0.15) is 34.6 Å². The molecule has 21 heavy (non-hydrogen) atoms. The lowest BCUT2D eigenvalue weighted by atomic mass is 10.1. The molecule has 1 aromatic heterocycles. The van der Waals surface area contributed by atoms with Crippen molar-refractivity contribution in [3.8, 4) is 0 Å². The zero-order valence-electron chi connectivity index (χ0n) is 12.5. The smallest absolute Gasteiger partial charge is 0.338 e. The molecule has 0 radical (unpaired) electrons. The topological polar surface area (TPSA) is 105 Å². The van der Waals surface area contributed by atoms with Gasteiger partial charge in [0.2, 0.25) is 0 Å². The van der Waals surface area contributed by atoms with Crippen LogP contribution in [-0.2, 0) is 9.53 Å². The second kappa shape index (κ2) is 6.13. The van der Waals surface area contributed by atoms with Crippen LogP contribution in [0.5, 0.6) is 0 Å². The van der Waals surface area contributed by atoms with E-state index >= 15 is 0 Å². The molecule has 0 aliphatic carbocycles. The number of rotatable bonds is 4. The highest BCUT2D eigenvalue weighted by Crippen LogP contribution is 2.32. The lowest BCUT2D eigenvalue weighted by Gasteiger charge is -2.23. The minimum absolute atomic E-state index is 0.0588. The summed E-state index contributed by atoms with van der Waals surface area (Å²) in [4.78, 5) is 35.5. The minimum Gasteiger partial charge on any atom is -0.478 e. The fourth-order valence-electron chi connectivity index (χ4n) is 1.70. The molecule has 0 saturated heterocycles. The van der Waals surface area contributed by atoms with Gasteiger partial charge >= 0.3 is 18.0 Å². The Bertz CT molecular complexity index is 592. The number of hydrogen-bond acceptors (Lipinski definition) is 5. The number of carboxylic acids is 1. The van der Waals surface area contributed by atoms with E-state index in [2.05, 4.69) is 15.4 Å². The first-order chi connectivity index (χ1) is 9.60. The second-order valence-corrected chi connectivity index (χ2v) is 6.21. The summed E-state index contributed by atoms with van der Waals surface area (Å²) < 4.78 is 4.58. The van der Waals surface area contributed by atoms with Crippen molar-refractivity contribution in [1.29, 1.82) is 0 Å². The van der Waals surface area contributed by atoms with Gasteiger partial charge in [-0.15, -0.1) is 11.3 Å². The van der Waals surface area contributed by atoms with Gasteiger partial charge in [-0.05, 0) is 33.3 Å². The third-order valence-corrected chi connectivity index (χ3v) is 4.07. The van der Waals surface area contributed by atoms with E-state index in [4.69, 9.17) is 0 Å². The Balaban J connectivity index is 2.93. The fourth-order valence-corrected chi connectivity index (χ4v) is 2.74. The molecule has 7 nitrogen and oxygen atoms in total. The molecule has 0 fully saturated rings. The number of carbonyl (C=O) groups excluding carboxylic acids is 2. The third kappa shape index (κ3) is 3.72. The summed E-state index contributed by atoms with van der Waals surface area (Å²) in [5.74, 6) is -1.71. The van der Waals surface area contributed by atoms with Gasteiger partial charge in [-0.3, -0.25) is 5.32 Å². The van der Waals surface area contributed by atoms with Gasteiger partial charge in [-0.25, -0.2) is 14.4 Å². The van der Waals surface area contributed by atoms with Crippen molar-refractivity contribution in [1.82, 2.24) is 5.32 Å². The van der Waals surface area contributed by atoms with Gasteiger partial charge in [0.1, 0.15) is 10.5 Å². The maximum atomic E-state index is 11.9. The summed E-state index contributed by atoms with van der Waals surface area (Å²) in [6.07, 6.45) is 0. The van der Waals surface area contributed by atoms with Crippen molar-refractivity contribution in [2.45, 2.75) is 33.2 Å². The van der Waals surface area contributed by atoms with Gasteiger partial charge in [-0.1, -0.05) is 0 Å². The first-order valence-corrected chi connectivity index (χ1v) is 6.92. The van der Waals surface area contributed by atoms with Crippen LogP contribution in [0.25, 0.3) is 0 Å². The molecule has 1 heterocycles. The molecule has 1 aromatic rings. The SMILES string of the molecule is COC(=O)C(C)(C)NC(=O)Nc1sc(C)c(C)c1C(=O)O. The molecule has 0 aliphatic rings. The van der Waals surface area contributed by atoms with Crippen LogP contribution >= 0.6 is 11.3 Å². The predicted molar refractivity (Wildman–Crippen MR) is 79.0 cm³/mol. The molecule has 0 aromatic carbocycles. The minimum atomic E-state index is -1.22. The number of methoxy groups -OCH3 is 1. The van der Waals surface area contributed by atoms with Crippen LogP contribution in [0.2, 0.25) is 0 Å². The molecule has 0 aliphatic heterocycles. The van der Waals surface area contributed by atoms with E-state index in [0.29, 0.717) is 5.56 Å². The summed E-state index contributed by atoms with van der Waals surface area (Å²) in [6, 6.07) is -0.672. The Morgan fingerprint density at radius 3 is 2.29 bits per heavy atom. The highest BCUT2D eigenvalue weighted by Gasteiger charge is 2.31. The van der Waals surface area contributed by atoms with E-state index < -0.39 is 23.5 Å². The van der Waals surface area contributed by atoms with Gasteiger partial charge < -0.3 is 15.2 Å². The largest absolute Gasteiger partial charge is 0.478 e. The lowest BCUT2D eigenvalue weighted by Crippen LogP contribution is -2.51. The zero-order valence-corrected chi connectivity index (χ0v) is 13.3. The van der Waals surface area contributed by atoms with Crippen LogP contribution in [0.3, 0.4) is 0 Å². The molecule has 0 bridgehead atoms. The molecule has 0 atom stereocenters. The maximum absolute atomic E-state index is 11.9. The number of carbonyl (C=O) groups is 3. The molecule has 3 N–H and O–H groups in total. The molecule has 0 unspecified atom stereocenters. The number of anilines is 1. The van der Waals surface area contributed by atoms with E-state index in [1.807, 2.05) is 0 Å². The molecule has 1 rings (SSSR count). The van der Waals surface area contributed by atoms with E-state index in [-0.39, 0.29) is 10.6 Å². The highest BCUT2D eigenvalue weighted by molar-refractivity contribution is 7.16. The number of urea groups is 1. The Hall–Kier alpha value is -2.09. The van der Waals surface area contributed by atoms with E-state index in [1.54, 1.807) is 13.8 Å². The van der Waals surface area contributed by atoms with Crippen LogP contribution in [-0.4, -0.2) is 35.7 Å². The summed E-state index contributed by atoms with van der Waals surface area (Å²) in [5.41, 5.74) is -0.553. The number of nitrogens with one attached hydrogen (secondary N) is 2. The summed E-state index contributed by atoms with van der Waals surface area (Å²) in [5, 5.41) is 14.3. The van der Waals surface area contributed by atoms with E-state index in [1.165, 1.54) is 32.3 Å². The summed E-state index contributed by atoms with van der Waals surface area (Å²) >= 11 is 1.17. The van der Waals surface area contributed by atoms with Gasteiger partial charge in [-0.2, -0.15) is 0 Å². The second-order valence-electron chi connectivity index (χ2n) is 4.99. The quantitative estimate of drug-likeness (QED) is 0.738. The van der Waals surface area contributed by atoms with Crippen LogP contribution < -0.4 is 10.6 Å². The van der Waals surface area contributed by atoms with E-state index in [0.717, 1.165) is 4.88 Å². The molecule has 116 valence electrons. The zero-order chi connectivity index (χ0) is 16.4. The number of esters is 1. The summed E-state index contributed by atoms with van der Waals surface area (Å²) in [7, 11) is 1.22. The molecular weight excluding hydrogens is 296 g/mol. The molecule has 0 spiro atoms. The standard InChI is InChI=1S/C13H18N2O5S/c1-6-7(2)21-9(8(6)10(16)17)14-12(19)15-13(3,4)11(18)20-5/h1-5H3,(H,16,17)(H2,14,15,19). The average Bonchev–Trinajstić information content (AvgIpc) is 2.62. The lowest BCUT2D eigenvalue weighted by molar-refractivity contribution is -0.146. The number of ether oxygens (including phenoxy) is 1. The molecular formula is C13H18N2O5S. The predicted octanol–water partition coefficient (Wildman–Crippen LogP) is 2.14. The number of thiophene rings is 1. The van der Waals surface area contributed by atoms with Crippen molar-refractivity contribution in [2.75, 3.05) is 12.4 Å². The Labute approximate surface area is 126 Å². The molecule has 2 amide bonds. The van der Waals surface area contributed by atoms with Gasteiger partial charge in [0.25, 0.3) is 0 Å². The van der Waals surface area contributed by atoms with Crippen molar-refractivity contribution in [3.05, 3.63) is 16.0 Å². The first-order valence-electron chi connectivity index (χ1n) is 6.11. The van der Waals surface area contributed by atoms with Crippen molar-refractivity contribution >= 4 is 34.3 Å². The molecule has 8 heteroatoms. The highest BCUT2D eigenvalue weighted by atomic mass is 32.1. The Morgan fingerprint density at radius 2 is 1.81 bits per heavy atom. The summed E-state index contributed by atoms with van der Waals surface area (Å²) in [6.45, 7) is 6.42. The number of amides is 2. The molecule has 0 saturated carbocycles. The normalized spacial score (nSPS) is 10.9.